The Kier molecular flexibility index (Phi) is 3.27. The lowest BCUT2D eigenvalue weighted by Gasteiger charge is -2.12. The van der Waals surface area contributed by atoms with Gasteiger partial charge in [-0.05, 0) is 6.92 Å². The van der Waals surface area contributed by atoms with Gasteiger partial charge in [-0.2, -0.15) is 9.97 Å². The van der Waals surface area contributed by atoms with Crippen molar-refractivity contribution < 1.29 is 4.79 Å². The Bertz CT molecular complexity index is 346. The van der Waals surface area contributed by atoms with E-state index < -0.39 is 0 Å². The Morgan fingerprint density at radius 1 is 1.53 bits per heavy atom. The number of nitrogens with two attached hydrogens (primary N) is 3. The molecule has 0 radical (unpaired) electrons. The van der Waals surface area contributed by atoms with Crippen LogP contribution in [0.15, 0.2) is 6.07 Å². The molecule has 1 rings (SSSR count). The summed E-state index contributed by atoms with van der Waals surface area (Å²) in [6.45, 7) is 1.80. The Hall–Kier alpha value is -2.05. The highest BCUT2D eigenvalue weighted by Crippen LogP contribution is 2.11. The number of primary amides is 1. The number of hydrogen-bond acceptors (Lipinski definition) is 6. The highest BCUT2D eigenvalue weighted by molar-refractivity contribution is 5.74. The van der Waals surface area contributed by atoms with Crippen LogP contribution in [0.25, 0.3) is 0 Å². The smallest absolute Gasteiger partial charge is 0.223 e. The minimum absolute atomic E-state index is 0.0868. The van der Waals surface area contributed by atoms with Crippen molar-refractivity contribution in [2.45, 2.75) is 19.4 Å². The predicted molar refractivity (Wildman–Crippen MR) is 57.8 cm³/mol. The summed E-state index contributed by atoms with van der Waals surface area (Å²) in [6.07, 6.45) is 0.212. The summed E-state index contributed by atoms with van der Waals surface area (Å²) in [5.74, 6) is 0.457. The van der Waals surface area contributed by atoms with Gasteiger partial charge in [0.1, 0.15) is 11.6 Å². The number of nitrogens with zero attached hydrogens (tertiary/aromatic N) is 2. The van der Waals surface area contributed by atoms with Crippen molar-refractivity contribution in [3.63, 3.8) is 0 Å². The van der Waals surface area contributed by atoms with Gasteiger partial charge in [0.2, 0.25) is 11.9 Å². The van der Waals surface area contributed by atoms with Crippen LogP contribution in [-0.4, -0.2) is 21.9 Å². The number of carbonyl (C=O) groups excluding carboxylic acids is 1. The zero-order valence-electron chi connectivity index (χ0n) is 8.40. The summed E-state index contributed by atoms with van der Waals surface area (Å²) in [4.78, 5) is 18.3. The average Bonchev–Trinajstić information content (AvgIpc) is 1.98. The number of carbonyl (C=O) groups is 1. The second-order valence-electron chi connectivity index (χ2n) is 3.25. The van der Waals surface area contributed by atoms with Crippen molar-refractivity contribution in [1.29, 1.82) is 0 Å². The van der Waals surface area contributed by atoms with Gasteiger partial charge in [0.05, 0.1) is 0 Å². The molecule has 7 nitrogen and oxygen atoms in total. The van der Waals surface area contributed by atoms with Gasteiger partial charge in [-0.3, -0.25) is 4.79 Å². The first-order chi connectivity index (χ1) is 6.97. The zero-order valence-corrected chi connectivity index (χ0v) is 8.40. The van der Waals surface area contributed by atoms with Crippen LogP contribution >= 0.6 is 0 Å². The van der Waals surface area contributed by atoms with E-state index in [0.29, 0.717) is 5.82 Å². The van der Waals surface area contributed by atoms with Gasteiger partial charge in [0.15, 0.2) is 0 Å². The van der Waals surface area contributed by atoms with Gasteiger partial charge >= 0.3 is 0 Å². The molecule has 0 bridgehead atoms. The molecule has 0 aliphatic heterocycles. The summed E-state index contributed by atoms with van der Waals surface area (Å²) in [5, 5.41) is 2.94. The minimum atomic E-state index is -0.384. The van der Waals surface area contributed by atoms with Crippen LogP contribution in [-0.2, 0) is 4.79 Å². The third-order valence-corrected chi connectivity index (χ3v) is 1.66. The zero-order chi connectivity index (χ0) is 11.4. The minimum Gasteiger partial charge on any atom is -0.383 e. The van der Waals surface area contributed by atoms with Crippen LogP contribution in [0.1, 0.15) is 13.3 Å². The van der Waals surface area contributed by atoms with E-state index in [0.717, 1.165) is 0 Å². The highest BCUT2D eigenvalue weighted by atomic mass is 16.1. The number of anilines is 3. The topological polar surface area (TPSA) is 133 Å². The maximum Gasteiger partial charge on any atom is 0.223 e. The van der Waals surface area contributed by atoms with Gasteiger partial charge in [-0.15, -0.1) is 0 Å². The molecule has 0 spiro atoms. The summed E-state index contributed by atoms with van der Waals surface area (Å²) < 4.78 is 0. The molecule has 0 saturated heterocycles. The molecule has 1 aromatic heterocycles. The quantitative estimate of drug-likeness (QED) is 0.520. The second kappa shape index (κ2) is 4.45. The Morgan fingerprint density at radius 2 is 2.20 bits per heavy atom. The lowest BCUT2D eigenvalue weighted by Crippen LogP contribution is -2.24. The molecule has 1 aromatic rings. The molecule has 1 unspecified atom stereocenters. The maximum atomic E-state index is 10.6. The van der Waals surface area contributed by atoms with Crippen molar-refractivity contribution >= 4 is 23.5 Å². The van der Waals surface area contributed by atoms with E-state index in [-0.39, 0.29) is 30.1 Å². The number of amides is 1. The van der Waals surface area contributed by atoms with Crippen molar-refractivity contribution in [3.8, 4) is 0 Å². The molecule has 1 heterocycles. The predicted octanol–water partition coefficient (Wildman–Crippen LogP) is -0.683. The summed E-state index contributed by atoms with van der Waals surface area (Å²) >= 11 is 0. The molecule has 7 N–H and O–H groups in total. The molecule has 0 aliphatic rings. The van der Waals surface area contributed by atoms with E-state index in [1.165, 1.54) is 6.07 Å². The monoisotopic (exact) mass is 210 g/mol. The lowest BCUT2D eigenvalue weighted by atomic mass is 10.2. The second-order valence-corrected chi connectivity index (χ2v) is 3.25. The molecular formula is C8H14N6O. The Morgan fingerprint density at radius 3 is 2.73 bits per heavy atom. The fourth-order valence-corrected chi connectivity index (χ4v) is 1.16. The first-order valence-corrected chi connectivity index (χ1v) is 4.42. The van der Waals surface area contributed by atoms with E-state index in [1.54, 1.807) is 6.92 Å². The van der Waals surface area contributed by atoms with E-state index in [2.05, 4.69) is 15.3 Å². The Balaban J connectivity index is 2.67. The molecule has 0 aromatic carbocycles. The maximum absolute atomic E-state index is 10.6. The molecule has 0 fully saturated rings. The van der Waals surface area contributed by atoms with Crippen molar-refractivity contribution in [2.75, 3.05) is 16.8 Å². The molecular weight excluding hydrogens is 196 g/mol. The van der Waals surface area contributed by atoms with Gasteiger partial charge in [0, 0.05) is 18.5 Å². The SMILES string of the molecule is CC(CC(N)=O)Nc1cc(N)nc(N)n1. The molecule has 7 heteroatoms. The normalized spacial score (nSPS) is 12.1. The van der Waals surface area contributed by atoms with E-state index >= 15 is 0 Å². The standard InChI is InChI=1S/C8H14N6O/c1-4(2-6(10)15)12-7-3-5(9)13-8(11)14-7/h3-4H,2H2,1H3,(H2,10,15)(H5,9,11,12,13,14). The third kappa shape index (κ3) is 3.67. The van der Waals surface area contributed by atoms with Crippen LogP contribution in [0.2, 0.25) is 0 Å². The number of nitrogens with one attached hydrogen (secondary N) is 1. The van der Waals surface area contributed by atoms with Gasteiger partial charge in [0.25, 0.3) is 0 Å². The number of hydrogen-bond donors (Lipinski definition) is 4. The van der Waals surface area contributed by atoms with Gasteiger partial charge in [-0.25, -0.2) is 0 Å². The molecule has 0 aliphatic carbocycles. The fourth-order valence-electron chi connectivity index (χ4n) is 1.16. The molecule has 15 heavy (non-hydrogen) atoms. The van der Waals surface area contributed by atoms with E-state index in [1.807, 2.05) is 0 Å². The first-order valence-electron chi connectivity index (χ1n) is 4.42. The highest BCUT2D eigenvalue weighted by Gasteiger charge is 2.07. The largest absolute Gasteiger partial charge is 0.383 e. The summed E-state index contributed by atoms with van der Waals surface area (Å²) in [7, 11) is 0. The van der Waals surface area contributed by atoms with Crippen molar-refractivity contribution in [3.05, 3.63) is 6.07 Å². The van der Waals surface area contributed by atoms with Crippen LogP contribution in [0.5, 0.6) is 0 Å². The van der Waals surface area contributed by atoms with Gasteiger partial charge in [-0.1, -0.05) is 0 Å². The van der Waals surface area contributed by atoms with E-state index in [4.69, 9.17) is 17.2 Å². The molecule has 82 valence electrons. The first kappa shape index (κ1) is 11.0. The van der Waals surface area contributed by atoms with Crippen LogP contribution < -0.4 is 22.5 Å². The van der Waals surface area contributed by atoms with E-state index in [9.17, 15) is 4.79 Å². The number of aromatic nitrogens is 2. The van der Waals surface area contributed by atoms with Gasteiger partial charge < -0.3 is 22.5 Å². The van der Waals surface area contributed by atoms with Crippen molar-refractivity contribution in [1.82, 2.24) is 9.97 Å². The van der Waals surface area contributed by atoms with Crippen molar-refractivity contribution in [2.24, 2.45) is 5.73 Å². The Labute approximate surface area is 87.1 Å². The molecule has 0 saturated carbocycles. The number of nitrogen functional groups attached to an aromatic ring is 2. The summed E-state index contributed by atoms with van der Waals surface area (Å²) in [6, 6.07) is 1.41. The van der Waals surface area contributed by atoms with Crippen LogP contribution in [0.3, 0.4) is 0 Å². The number of rotatable bonds is 4. The fraction of sp³-hybridized carbons (Fsp3) is 0.375. The van der Waals surface area contributed by atoms with Crippen LogP contribution in [0, 0.1) is 0 Å². The van der Waals surface area contributed by atoms with Crippen LogP contribution in [0.4, 0.5) is 17.6 Å². The summed E-state index contributed by atoms with van der Waals surface area (Å²) in [5.41, 5.74) is 15.9. The average molecular weight is 210 g/mol. The molecule has 1 atom stereocenters. The molecule has 1 amide bonds. The lowest BCUT2D eigenvalue weighted by molar-refractivity contribution is -0.118. The third-order valence-electron chi connectivity index (χ3n) is 1.66.